The third-order valence-electron chi connectivity index (χ3n) is 2.58. The molecule has 0 heterocycles. The summed E-state index contributed by atoms with van der Waals surface area (Å²) in [4.78, 5) is 0.347. The van der Waals surface area contributed by atoms with E-state index in [0.717, 1.165) is 11.1 Å². The Morgan fingerprint density at radius 3 is 2.45 bits per heavy atom. The molecule has 2 nitrogen and oxygen atoms in total. The zero-order chi connectivity index (χ0) is 14.7. The first kappa shape index (κ1) is 15.4. The normalized spacial score (nSPS) is 10.3. The van der Waals surface area contributed by atoms with Crippen LogP contribution in [0.2, 0.25) is 15.1 Å². The monoisotopic (exact) mass is 345 g/mol. The van der Waals surface area contributed by atoms with E-state index < -0.39 is 0 Å². The Kier molecular flexibility index (Phi) is 5.11. The van der Waals surface area contributed by atoms with E-state index in [-0.39, 0.29) is 0 Å². The van der Waals surface area contributed by atoms with Crippen LogP contribution in [0.5, 0.6) is 5.75 Å². The molecule has 0 aliphatic rings. The average molecular weight is 347 g/mol. The molecule has 2 rings (SSSR count). The van der Waals surface area contributed by atoms with Crippen LogP contribution < -0.4 is 10.5 Å². The van der Waals surface area contributed by atoms with Crippen LogP contribution in [0.25, 0.3) is 0 Å². The van der Waals surface area contributed by atoms with E-state index >= 15 is 0 Å². The quantitative estimate of drug-likeness (QED) is 0.634. The number of rotatable bonds is 4. The van der Waals surface area contributed by atoms with Gasteiger partial charge in [-0.25, -0.2) is 0 Å². The summed E-state index contributed by atoms with van der Waals surface area (Å²) >= 11 is 22.8. The maximum Gasteiger partial charge on any atom is 0.139 e. The Labute approximate surface area is 137 Å². The van der Waals surface area contributed by atoms with Crippen LogP contribution in [0.4, 0.5) is 0 Å². The highest BCUT2D eigenvalue weighted by molar-refractivity contribution is 7.80. The minimum Gasteiger partial charge on any atom is -0.487 e. The standard InChI is InChI=1S/C14H10Cl3NOS/c15-10-5-12(17)13(6-11(10)16)19-7-8-2-1-3-9(4-8)14(18)20/h1-6H,7H2,(H2,18,20). The third-order valence-corrected chi connectivity index (χ3v) is 3.83. The number of halogens is 3. The van der Waals surface area contributed by atoms with Gasteiger partial charge in [0.1, 0.15) is 17.3 Å². The summed E-state index contributed by atoms with van der Waals surface area (Å²) in [5.41, 5.74) is 7.31. The van der Waals surface area contributed by atoms with Gasteiger partial charge in [-0.1, -0.05) is 65.2 Å². The molecule has 0 unspecified atom stereocenters. The van der Waals surface area contributed by atoms with Crippen molar-refractivity contribution >= 4 is 52.0 Å². The summed E-state index contributed by atoms with van der Waals surface area (Å²) in [6, 6.07) is 10.6. The number of ether oxygens (including phenoxy) is 1. The van der Waals surface area contributed by atoms with Crippen LogP contribution in [0.3, 0.4) is 0 Å². The van der Waals surface area contributed by atoms with Gasteiger partial charge >= 0.3 is 0 Å². The SMILES string of the molecule is NC(=S)c1cccc(COc2cc(Cl)c(Cl)cc2Cl)c1. The van der Waals surface area contributed by atoms with Crippen molar-refractivity contribution in [2.75, 3.05) is 0 Å². The summed E-state index contributed by atoms with van der Waals surface area (Å²) in [5.74, 6) is 0.474. The van der Waals surface area contributed by atoms with Gasteiger partial charge in [0.25, 0.3) is 0 Å². The summed E-state index contributed by atoms with van der Waals surface area (Å²) in [6.07, 6.45) is 0. The van der Waals surface area contributed by atoms with Gasteiger partial charge in [0.05, 0.1) is 15.1 Å². The molecule has 0 fully saturated rings. The molecule has 0 aliphatic carbocycles. The van der Waals surface area contributed by atoms with Crippen LogP contribution in [0, 0.1) is 0 Å². The van der Waals surface area contributed by atoms with Crippen molar-refractivity contribution in [1.29, 1.82) is 0 Å². The Bertz CT molecular complexity index is 661. The molecular formula is C14H10Cl3NOS. The number of hydrogen-bond acceptors (Lipinski definition) is 2. The second-order valence-electron chi connectivity index (χ2n) is 4.05. The molecule has 0 bridgehead atoms. The van der Waals surface area contributed by atoms with Crippen LogP contribution in [-0.4, -0.2) is 4.99 Å². The van der Waals surface area contributed by atoms with Gasteiger partial charge in [0.15, 0.2) is 0 Å². The minimum absolute atomic E-state index is 0.328. The van der Waals surface area contributed by atoms with Crippen LogP contribution in [-0.2, 0) is 6.61 Å². The maximum absolute atomic E-state index is 6.04. The van der Waals surface area contributed by atoms with Gasteiger partial charge < -0.3 is 10.5 Å². The number of nitrogens with two attached hydrogens (primary N) is 1. The van der Waals surface area contributed by atoms with Crippen molar-refractivity contribution in [2.45, 2.75) is 6.61 Å². The highest BCUT2D eigenvalue weighted by atomic mass is 35.5. The number of thiocarbonyl (C=S) groups is 1. The van der Waals surface area contributed by atoms with Crippen molar-refractivity contribution in [3.05, 3.63) is 62.6 Å². The number of benzene rings is 2. The van der Waals surface area contributed by atoms with Crippen LogP contribution in [0.1, 0.15) is 11.1 Å². The van der Waals surface area contributed by atoms with Crippen molar-refractivity contribution in [3.8, 4) is 5.75 Å². The first-order chi connectivity index (χ1) is 9.47. The molecule has 0 amide bonds. The first-order valence-electron chi connectivity index (χ1n) is 5.63. The zero-order valence-electron chi connectivity index (χ0n) is 10.2. The molecule has 0 aromatic heterocycles. The largest absolute Gasteiger partial charge is 0.487 e. The van der Waals surface area contributed by atoms with E-state index in [9.17, 15) is 0 Å². The third kappa shape index (κ3) is 3.76. The van der Waals surface area contributed by atoms with Crippen molar-refractivity contribution in [3.63, 3.8) is 0 Å². The molecule has 2 aromatic carbocycles. The summed E-state index contributed by atoms with van der Waals surface area (Å²) in [5, 5.41) is 1.19. The molecule has 0 aliphatic heterocycles. The molecule has 104 valence electrons. The Hall–Kier alpha value is -1.000. The lowest BCUT2D eigenvalue weighted by molar-refractivity contribution is 0.306. The van der Waals surface area contributed by atoms with E-state index in [4.69, 9.17) is 57.5 Å². The van der Waals surface area contributed by atoms with E-state index in [1.807, 2.05) is 24.3 Å². The molecule has 20 heavy (non-hydrogen) atoms. The summed E-state index contributed by atoms with van der Waals surface area (Å²) in [6.45, 7) is 0.328. The van der Waals surface area contributed by atoms with Gasteiger partial charge in [0.2, 0.25) is 0 Å². The van der Waals surface area contributed by atoms with Gasteiger partial charge in [-0.05, 0) is 17.7 Å². The lowest BCUT2D eigenvalue weighted by Gasteiger charge is -2.10. The Morgan fingerprint density at radius 1 is 1.05 bits per heavy atom. The minimum atomic E-state index is 0.328. The molecule has 2 N–H and O–H groups in total. The van der Waals surface area contributed by atoms with E-state index in [2.05, 4.69) is 0 Å². The molecule has 0 spiro atoms. The second kappa shape index (κ2) is 6.64. The van der Waals surface area contributed by atoms with Gasteiger partial charge in [-0.3, -0.25) is 0 Å². The molecular weight excluding hydrogens is 337 g/mol. The molecule has 2 aromatic rings. The fourth-order valence-electron chi connectivity index (χ4n) is 1.59. The predicted octanol–water partition coefficient (Wildman–Crippen LogP) is 4.86. The number of hydrogen-bond donors (Lipinski definition) is 1. The van der Waals surface area contributed by atoms with Crippen molar-refractivity contribution < 1.29 is 4.74 Å². The second-order valence-corrected chi connectivity index (χ2v) is 5.71. The topological polar surface area (TPSA) is 35.2 Å². The lowest BCUT2D eigenvalue weighted by Crippen LogP contribution is -2.09. The highest BCUT2D eigenvalue weighted by Crippen LogP contribution is 2.34. The first-order valence-corrected chi connectivity index (χ1v) is 7.17. The van der Waals surface area contributed by atoms with Crippen LogP contribution in [0.15, 0.2) is 36.4 Å². The molecule has 6 heteroatoms. The average Bonchev–Trinajstić information content (AvgIpc) is 2.41. The van der Waals surface area contributed by atoms with E-state index in [0.29, 0.717) is 32.4 Å². The van der Waals surface area contributed by atoms with Crippen molar-refractivity contribution in [1.82, 2.24) is 0 Å². The lowest BCUT2D eigenvalue weighted by atomic mass is 10.1. The van der Waals surface area contributed by atoms with Gasteiger partial charge in [0, 0.05) is 11.6 Å². The Morgan fingerprint density at radius 2 is 1.75 bits per heavy atom. The van der Waals surface area contributed by atoms with Gasteiger partial charge in [-0.2, -0.15) is 0 Å². The summed E-state index contributed by atoms with van der Waals surface area (Å²) < 4.78 is 5.63. The smallest absolute Gasteiger partial charge is 0.139 e. The van der Waals surface area contributed by atoms with Crippen molar-refractivity contribution in [2.24, 2.45) is 5.73 Å². The Balaban J connectivity index is 2.15. The fraction of sp³-hybridized carbons (Fsp3) is 0.0714. The maximum atomic E-state index is 6.04. The van der Waals surface area contributed by atoms with Crippen LogP contribution >= 0.6 is 47.0 Å². The van der Waals surface area contributed by atoms with E-state index in [1.165, 1.54) is 0 Å². The summed E-state index contributed by atoms with van der Waals surface area (Å²) in [7, 11) is 0. The molecule has 0 atom stereocenters. The predicted molar refractivity (Wildman–Crippen MR) is 88.1 cm³/mol. The highest BCUT2D eigenvalue weighted by Gasteiger charge is 2.07. The molecule has 0 radical (unpaired) electrons. The molecule has 0 saturated carbocycles. The fourth-order valence-corrected chi connectivity index (χ4v) is 2.31. The molecule has 0 saturated heterocycles. The van der Waals surface area contributed by atoms with Gasteiger partial charge in [-0.15, -0.1) is 0 Å². The van der Waals surface area contributed by atoms with E-state index in [1.54, 1.807) is 12.1 Å². The zero-order valence-corrected chi connectivity index (χ0v) is 13.3.